The van der Waals surface area contributed by atoms with Gasteiger partial charge >= 0.3 is 6.03 Å². The van der Waals surface area contributed by atoms with E-state index in [1.807, 2.05) is 30.3 Å². The van der Waals surface area contributed by atoms with Crippen LogP contribution in [0.3, 0.4) is 0 Å². The van der Waals surface area contributed by atoms with Crippen molar-refractivity contribution in [2.24, 2.45) is 5.73 Å². The molecule has 2 rings (SSSR count). The molecule has 1 aliphatic rings. The predicted molar refractivity (Wildman–Crippen MR) is 80.7 cm³/mol. The maximum absolute atomic E-state index is 12.0. The summed E-state index contributed by atoms with van der Waals surface area (Å²) in [5.41, 5.74) is 5.87. The molecule has 0 spiro atoms. The first-order chi connectivity index (χ1) is 10.3. The van der Waals surface area contributed by atoms with Gasteiger partial charge in [-0.25, -0.2) is 4.79 Å². The number of nitrogens with one attached hydrogen (secondary N) is 2. The fraction of sp³-hybridized carbons (Fsp3) is 0.400. The Kier molecular flexibility index (Phi) is 4.46. The van der Waals surface area contributed by atoms with Crippen LogP contribution in [0.2, 0.25) is 0 Å². The second kappa shape index (κ2) is 6.15. The molecule has 0 radical (unpaired) electrons. The van der Waals surface area contributed by atoms with Crippen molar-refractivity contribution in [3.05, 3.63) is 35.9 Å². The van der Waals surface area contributed by atoms with Crippen LogP contribution < -0.4 is 16.4 Å². The lowest BCUT2D eigenvalue weighted by atomic mass is 10.0. The van der Waals surface area contributed by atoms with Gasteiger partial charge in [-0.05, 0) is 19.4 Å². The zero-order valence-electron chi connectivity index (χ0n) is 12.6. The smallest absolute Gasteiger partial charge is 0.325 e. The highest BCUT2D eigenvalue weighted by Crippen LogP contribution is 2.20. The lowest BCUT2D eigenvalue weighted by molar-refractivity contribution is -0.127. The average Bonchev–Trinajstić information content (AvgIpc) is 2.68. The molecule has 22 heavy (non-hydrogen) atoms. The lowest BCUT2D eigenvalue weighted by Gasteiger charge is -2.27. The van der Waals surface area contributed by atoms with Crippen LogP contribution in [-0.4, -0.2) is 41.4 Å². The third kappa shape index (κ3) is 3.25. The zero-order valence-corrected chi connectivity index (χ0v) is 12.6. The predicted octanol–water partition coefficient (Wildman–Crippen LogP) is 0.133. The van der Waals surface area contributed by atoms with E-state index in [0.29, 0.717) is 0 Å². The van der Waals surface area contributed by atoms with Gasteiger partial charge in [0.1, 0.15) is 12.1 Å². The summed E-state index contributed by atoms with van der Waals surface area (Å²) in [4.78, 5) is 36.5. The molecule has 0 bridgehead atoms. The molecule has 1 heterocycles. The number of carbonyl (C=O) groups excluding carboxylic acids is 3. The molecule has 0 aliphatic carbocycles. The second-order valence-corrected chi connectivity index (χ2v) is 5.73. The molecule has 1 saturated heterocycles. The normalized spacial score (nSPS) is 18.0. The van der Waals surface area contributed by atoms with Crippen molar-refractivity contribution in [3.63, 3.8) is 0 Å². The fourth-order valence-corrected chi connectivity index (χ4v) is 2.20. The van der Waals surface area contributed by atoms with E-state index in [0.717, 1.165) is 5.56 Å². The van der Waals surface area contributed by atoms with Gasteiger partial charge in [-0.2, -0.15) is 0 Å². The number of carbonyl (C=O) groups is 3. The Labute approximate surface area is 128 Å². The van der Waals surface area contributed by atoms with Gasteiger partial charge in [0.15, 0.2) is 0 Å². The Morgan fingerprint density at radius 2 is 1.95 bits per heavy atom. The maximum Gasteiger partial charge on any atom is 0.325 e. The lowest BCUT2D eigenvalue weighted by Crippen LogP contribution is -2.49. The Morgan fingerprint density at radius 3 is 2.50 bits per heavy atom. The Balaban J connectivity index is 1.88. The average molecular weight is 304 g/mol. The first-order valence-corrected chi connectivity index (χ1v) is 7.02. The van der Waals surface area contributed by atoms with Gasteiger partial charge in [0.05, 0.1) is 0 Å². The number of hydrogen-bond donors (Lipinski definition) is 3. The molecule has 0 saturated carbocycles. The van der Waals surface area contributed by atoms with Crippen molar-refractivity contribution >= 4 is 17.8 Å². The third-order valence-corrected chi connectivity index (χ3v) is 3.74. The van der Waals surface area contributed by atoms with Crippen molar-refractivity contribution in [1.29, 1.82) is 0 Å². The van der Waals surface area contributed by atoms with Crippen LogP contribution in [0.4, 0.5) is 4.79 Å². The largest absolute Gasteiger partial charge is 0.353 e. The minimum Gasteiger partial charge on any atom is -0.353 e. The molecule has 1 aromatic carbocycles. The Morgan fingerprint density at radius 1 is 1.32 bits per heavy atom. The summed E-state index contributed by atoms with van der Waals surface area (Å²) < 4.78 is 0. The van der Waals surface area contributed by atoms with Crippen LogP contribution in [-0.2, 0) is 9.59 Å². The molecule has 4 N–H and O–H groups in total. The van der Waals surface area contributed by atoms with Gasteiger partial charge in [-0.1, -0.05) is 30.3 Å². The van der Waals surface area contributed by atoms with E-state index in [1.165, 1.54) is 4.90 Å². The molecule has 1 unspecified atom stereocenters. The van der Waals surface area contributed by atoms with E-state index in [4.69, 9.17) is 5.73 Å². The number of imide groups is 1. The summed E-state index contributed by atoms with van der Waals surface area (Å²) >= 11 is 0. The number of benzene rings is 1. The van der Waals surface area contributed by atoms with E-state index in [1.54, 1.807) is 13.8 Å². The second-order valence-electron chi connectivity index (χ2n) is 5.73. The van der Waals surface area contributed by atoms with E-state index >= 15 is 0 Å². The van der Waals surface area contributed by atoms with E-state index in [9.17, 15) is 14.4 Å². The van der Waals surface area contributed by atoms with E-state index < -0.39 is 17.5 Å². The summed E-state index contributed by atoms with van der Waals surface area (Å²) in [6.07, 6.45) is 0. The molecular weight excluding hydrogens is 284 g/mol. The van der Waals surface area contributed by atoms with Gasteiger partial charge in [0.25, 0.3) is 5.91 Å². The van der Waals surface area contributed by atoms with Gasteiger partial charge < -0.3 is 16.0 Å². The van der Waals surface area contributed by atoms with Crippen molar-refractivity contribution in [2.45, 2.75) is 25.4 Å². The van der Waals surface area contributed by atoms with Crippen LogP contribution in [0.1, 0.15) is 25.5 Å². The van der Waals surface area contributed by atoms with E-state index in [2.05, 4.69) is 10.6 Å². The zero-order chi connectivity index (χ0) is 16.3. The number of hydrogen-bond acceptors (Lipinski definition) is 4. The summed E-state index contributed by atoms with van der Waals surface area (Å²) in [6.45, 7) is 3.26. The third-order valence-electron chi connectivity index (χ3n) is 3.74. The number of urea groups is 1. The molecule has 1 atom stereocenters. The molecule has 1 aromatic rings. The Bertz CT molecular complexity index is 586. The highest BCUT2D eigenvalue weighted by atomic mass is 16.2. The number of nitrogens with two attached hydrogens (primary N) is 1. The minimum atomic E-state index is -1.03. The van der Waals surface area contributed by atoms with Crippen LogP contribution >= 0.6 is 0 Å². The summed E-state index contributed by atoms with van der Waals surface area (Å²) in [6, 6.07) is 8.52. The molecule has 0 aromatic heterocycles. The van der Waals surface area contributed by atoms with Gasteiger partial charge in [0.2, 0.25) is 5.91 Å². The molecule has 7 nitrogen and oxygen atoms in total. The first-order valence-electron chi connectivity index (χ1n) is 7.02. The van der Waals surface area contributed by atoms with Crippen molar-refractivity contribution in [3.8, 4) is 0 Å². The fourth-order valence-electron chi connectivity index (χ4n) is 2.20. The molecular formula is C15H20N4O3. The van der Waals surface area contributed by atoms with Crippen LogP contribution in [0, 0.1) is 0 Å². The molecule has 7 heteroatoms. The van der Waals surface area contributed by atoms with Gasteiger partial charge in [-0.15, -0.1) is 0 Å². The SMILES string of the molecule is CC1(C)C(=O)NC(=O)N1CC(=O)NCC(N)c1ccccc1. The quantitative estimate of drug-likeness (QED) is 0.673. The molecule has 118 valence electrons. The van der Waals surface area contributed by atoms with Crippen LogP contribution in [0.5, 0.6) is 0 Å². The van der Waals surface area contributed by atoms with Gasteiger partial charge in [0, 0.05) is 12.6 Å². The van der Waals surface area contributed by atoms with Crippen LogP contribution in [0.15, 0.2) is 30.3 Å². The summed E-state index contributed by atoms with van der Waals surface area (Å²) in [5, 5.41) is 4.88. The summed E-state index contributed by atoms with van der Waals surface area (Å²) in [5.74, 6) is -0.768. The number of rotatable bonds is 5. The minimum absolute atomic E-state index is 0.188. The molecule has 1 fully saturated rings. The molecule has 1 aliphatic heterocycles. The van der Waals surface area contributed by atoms with E-state index in [-0.39, 0.29) is 25.0 Å². The highest BCUT2D eigenvalue weighted by Gasteiger charge is 2.46. The maximum atomic E-state index is 12.0. The van der Waals surface area contributed by atoms with Crippen LogP contribution in [0.25, 0.3) is 0 Å². The summed E-state index contributed by atoms with van der Waals surface area (Å²) in [7, 11) is 0. The highest BCUT2D eigenvalue weighted by molar-refractivity contribution is 6.07. The molecule has 4 amide bonds. The van der Waals surface area contributed by atoms with Crippen molar-refractivity contribution < 1.29 is 14.4 Å². The van der Waals surface area contributed by atoms with Gasteiger partial charge in [-0.3, -0.25) is 14.9 Å². The first kappa shape index (κ1) is 16.0. The van der Waals surface area contributed by atoms with Crippen molar-refractivity contribution in [1.82, 2.24) is 15.5 Å². The standard InChI is InChI=1S/C15H20N4O3/c1-15(2)13(21)18-14(22)19(15)9-12(20)17-8-11(16)10-6-4-3-5-7-10/h3-7,11H,8-9,16H2,1-2H3,(H,17,20)(H,18,21,22). The number of amides is 4. The Hall–Kier alpha value is -2.41. The monoisotopic (exact) mass is 304 g/mol. The van der Waals surface area contributed by atoms with Crippen molar-refractivity contribution in [2.75, 3.05) is 13.1 Å². The number of nitrogens with zero attached hydrogens (tertiary/aromatic N) is 1. The topological polar surface area (TPSA) is 105 Å².